The maximum Gasteiger partial charge on any atom is 0.201 e. The molecule has 3 aliphatic rings. The lowest BCUT2D eigenvalue weighted by atomic mass is 9.71. The fraction of sp³-hybridized carbons (Fsp3) is 0.611. The van der Waals surface area contributed by atoms with Crippen LogP contribution in [-0.2, 0) is 11.2 Å². The van der Waals surface area contributed by atoms with E-state index in [1.807, 2.05) is 6.92 Å². The first-order valence-electron chi connectivity index (χ1n) is 16.3. The average Bonchev–Trinajstić information content (AvgIpc) is 3.02. The van der Waals surface area contributed by atoms with Gasteiger partial charge in [-0.1, -0.05) is 31.6 Å². The molecule has 0 bridgehead atoms. The Morgan fingerprint density at radius 3 is 2.17 bits per heavy atom. The van der Waals surface area contributed by atoms with Gasteiger partial charge in [0.05, 0.1) is 12.7 Å². The van der Waals surface area contributed by atoms with Gasteiger partial charge in [0.2, 0.25) is 5.82 Å². The molecule has 6 heteroatoms. The van der Waals surface area contributed by atoms with Crippen LogP contribution in [0.1, 0.15) is 114 Å². The highest BCUT2D eigenvalue weighted by molar-refractivity contribution is 5.67. The second kappa shape index (κ2) is 14.4. The van der Waals surface area contributed by atoms with Gasteiger partial charge in [-0.3, -0.25) is 0 Å². The summed E-state index contributed by atoms with van der Waals surface area (Å²) in [6, 6.07) is 6.75. The molecule has 0 spiro atoms. The fourth-order valence-corrected chi connectivity index (χ4v) is 7.60. The molecule has 0 aromatic heterocycles. The maximum absolute atomic E-state index is 14.7. The van der Waals surface area contributed by atoms with E-state index in [1.54, 1.807) is 25.1 Å². The van der Waals surface area contributed by atoms with E-state index < -0.39 is 23.3 Å². The Kier molecular flexibility index (Phi) is 10.7. The molecule has 2 aromatic rings. The fourth-order valence-electron chi connectivity index (χ4n) is 7.60. The predicted octanol–water partition coefficient (Wildman–Crippen LogP) is 10.3. The Morgan fingerprint density at radius 2 is 1.50 bits per heavy atom. The highest BCUT2D eigenvalue weighted by Gasteiger charge is 2.31. The third-order valence-corrected chi connectivity index (χ3v) is 10.1. The summed E-state index contributed by atoms with van der Waals surface area (Å²) in [5, 5.41) is 0. The molecule has 230 valence electrons. The van der Waals surface area contributed by atoms with Gasteiger partial charge < -0.3 is 9.47 Å². The molecule has 0 aliphatic heterocycles. The summed E-state index contributed by atoms with van der Waals surface area (Å²) in [5.41, 5.74) is 2.28. The van der Waals surface area contributed by atoms with E-state index >= 15 is 0 Å². The van der Waals surface area contributed by atoms with Crippen LogP contribution in [0.2, 0.25) is 0 Å². The Morgan fingerprint density at radius 1 is 0.738 bits per heavy atom. The summed E-state index contributed by atoms with van der Waals surface area (Å²) < 4.78 is 69.8. The second-order valence-corrected chi connectivity index (χ2v) is 12.7. The zero-order valence-electron chi connectivity index (χ0n) is 25.2. The largest absolute Gasteiger partial charge is 0.491 e. The van der Waals surface area contributed by atoms with Crippen LogP contribution in [0.3, 0.4) is 0 Å². The monoisotopic (exact) mass is 586 g/mol. The summed E-state index contributed by atoms with van der Waals surface area (Å²) in [6.45, 7) is 4.82. The van der Waals surface area contributed by atoms with Crippen LogP contribution in [0.5, 0.6) is 5.75 Å². The van der Waals surface area contributed by atoms with Crippen molar-refractivity contribution in [3.63, 3.8) is 0 Å². The van der Waals surface area contributed by atoms with Crippen LogP contribution >= 0.6 is 0 Å². The van der Waals surface area contributed by atoms with Crippen LogP contribution < -0.4 is 4.74 Å². The van der Waals surface area contributed by atoms with E-state index in [-0.39, 0.29) is 17.8 Å². The molecule has 0 amide bonds. The van der Waals surface area contributed by atoms with Crippen molar-refractivity contribution in [1.29, 1.82) is 0 Å². The van der Waals surface area contributed by atoms with Gasteiger partial charge in [-0.15, -0.1) is 0 Å². The van der Waals surface area contributed by atoms with E-state index in [0.29, 0.717) is 47.5 Å². The van der Waals surface area contributed by atoms with E-state index in [2.05, 4.69) is 6.08 Å². The predicted molar refractivity (Wildman–Crippen MR) is 160 cm³/mol. The molecule has 0 saturated heterocycles. The molecule has 1 atom stereocenters. The zero-order valence-corrected chi connectivity index (χ0v) is 25.2. The van der Waals surface area contributed by atoms with Gasteiger partial charge in [0.15, 0.2) is 23.2 Å². The zero-order chi connectivity index (χ0) is 29.6. The molecule has 2 saturated carbocycles. The van der Waals surface area contributed by atoms with Crippen molar-refractivity contribution in [2.24, 2.45) is 17.8 Å². The molecule has 0 radical (unpaired) electrons. The van der Waals surface area contributed by atoms with Gasteiger partial charge in [0.25, 0.3) is 0 Å². The summed E-state index contributed by atoms with van der Waals surface area (Å²) in [4.78, 5) is 0. The smallest absolute Gasteiger partial charge is 0.201 e. The lowest BCUT2D eigenvalue weighted by molar-refractivity contribution is -0.00689. The van der Waals surface area contributed by atoms with Crippen LogP contribution in [0.25, 0.3) is 5.57 Å². The minimum absolute atomic E-state index is 0.0264. The molecule has 2 aromatic carbocycles. The van der Waals surface area contributed by atoms with Crippen molar-refractivity contribution in [3.05, 3.63) is 70.3 Å². The number of hydrogen-bond donors (Lipinski definition) is 0. The standard InChI is InChI=1S/C36H46F4O2/c1-3-5-28-16-19-30(34(38)33(28)37)27-14-17-29(18-15-27)42-22-23-6-8-24(9-7-23)25-10-12-26(13-11-25)31-20-21-32(41-4-2)36(40)35(31)39/h12,16,19-21,23-25,27,29H,3-11,13-15,17-18,22H2,1-2H3. The first-order valence-corrected chi connectivity index (χ1v) is 16.3. The number of aryl methyl sites for hydroxylation is 1. The summed E-state index contributed by atoms with van der Waals surface area (Å²) >= 11 is 0. The minimum atomic E-state index is -0.896. The lowest BCUT2D eigenvalue weighted by Gasteiger charge is -2.36. The molecule has 0 heterocycles. The van der Waals surface area contributed by atoms with Crippen LogP contribution in [-0.4, -0.2) is 19.3 Å². The van der Waals surface area contributed by atoms with Crippen LogP contribution in [0, 0.1) is 41.0 Å². The lowest BCUT2D eigenvalue weighted by Crippen LogP contribution is -2.28. The molecule has 0 N–H and O–H groups in total. The summed E-state index contributed by atoms with van der Waals surface area (Å²) in [5.74, 6) is -1.12. The van der Waals surface area contributed by atoms with E-state index in [0.717, 1.165) is 63.5 Å². The number of benzene rings is 2. The van der Waals surface area contributed by atoms with Crippen molar-refractivity contribution in [1.82, 2.24) is 0 Å². The molecule has 3 aliphatic carbocycles. The van der Waals surface area contributed by atoms with Gasteiger partial charge in [0, 0.05) is 12.2 Å². The van der Waals surface area contributed by atoms with E-state index in [1.165, 1.54) is 31.7 Å². The molecule has 5 rings (SSSR count). The van der Waals surface area contributed by atoms with Gasteiger partial charge in [-0.25, -0.2) is 13.2 Å². The highest BCUT2D eigenvalue weighted by atomic mass is 19.2. The number of allylic oxidation sites excluding steroid dienone is 2. The third-order valence-electron chi connectivity index (χ3n) is 10.1. The summed E-state index contributed by atoms with van der Waals surface area (Å²) in [7, 11) is 0. The van der Waals surface area contributed by atoms with Crippen molar-refractivity contribution < 1.29 is 27.0 Å². The van der Waals surface area contributed by atoms with Crippen molar-refractivity contribution in [3.8, 4) is 5.75 Å². The Labute approximate surface area is 248 Å². The molecule has 1 unspecified atom stereocenters. The van der Waals surface area contributed by atoms with Gasteiger partial charge in [-0.05, 0) is 136 Å². The first-order chi connectivity index (χ1) is 20.4. The van der Waals surface area contributed by atoms with Gasteiger partial charge in [0.1, 0.15) is 0 Å². The molecule has 2 nitrogen and oxygen atoms in total. The third kappa shape index (κ3) is 7.06. The number of hydrogen-bond acceptors (Lipinski definition) is 2. The second-order valence-electron chi connectivity index (χ2n) is 12.7. The van der Waals surface area contributed by atoms with E-state index in [4.69, 9.17) is 9.47 Å². The number of halogens is 4. The Hall–Kier alpha value is -2.34. The molecule has 2 fully saturated rings. The van der Waals surface area contributed by atoms with Crippen LogP contribution in [0.15, 0.2) is 30.3 Å². The number of rotatable bonds is 10. The Balaban J connectivity index is 1.04. The minimum Gasteiger partial charge on any atom is -0.491 e. The summed E-state index contributed by atoms with van der Waals surface area (Å²) in [6.07, 6.45) is 14.6. The van der Waals surface area contributed by atoms with Crippen LogP contribution in [0.4, 0.5) is 17.6 Å². The highest BCUT2D eigenvalue weighted by Crippen LogP contribution is 2.43. The topological polar surface area (TPSA) is 18.5 Å². The molecule has 42 heavy (non-hydrogen) atoms. The normalized spacial score (nSPS) is 26.6. The van der Waals surface area contributed by atoms with Gasteiger partial charge in [-0.2, -0.15) is 4.39 Å². The van der Waals surface area contributed by atoms with Gasteiger partial charge >= 0.3 is 0 Å². The van der Waals surface area contributed by atoms with E-state index in [9.17, 15) is 17.6 Å². The SMILES string of the molecule is CCCc1ccc(C2CCC(OCC3CCC(C4CC=C(c5ccc(OCC)c(F)c5F)CC4)CC3)CC2)c(F)c1F. The van der Waals surface area contributed by atoms with Crippen molar-refractivity contribution >= 4 is 5.57 Å². The quantitative estimate of drug-likeness (QED) is 0.258. The number of ether oxygens (including phenoxy) is 2. The maximum atomic E-state index is 14.7. The molecular formula is C36H46F4O2. The molecular weight excluding hydrogens is 540 g/mol. The Bertz CT molecular complexity index is 1230. The average molecular weight is 587 g/mol. The first kappa shape index (κ1) is 31.1. The van der Waals surface area contributed by atoms with Crippen molar-refractivity contribution in [2.75, 3.05) is 13.2 Å². The van der Waals surface area contributed by atoms with Crippen molar-refractivity contribution in [2.45, 2.75) is 109 Å².